The molecule has 0 aromatic carbocycles. The second-order valence-electron chi connectivity index (χ2n) is 4.81. The molecule has 3 N–H and O–H groups in total. The molecule has 0 atom stereocenters. The van der Waals surface area contributed by atoms with Gasteiger partial charge in [0.05, 0.1) is 24.0 Å². The maximum Gasteiger partial charge on any atom is 0.358 e. The van der Waals surface area contributed by atoms with Crippen molar-refractivity contribution in [2.75, 3.05) is 0 Å². The van der Waals surface area contributed by atoms with Gasteiger partial charge in [-0.05, 0) is 18.9 Å². The third-order valence-electron chi connectivity index (χ3n) is 3.53. The molecule has 0 aliphatic carbocycles. The van der Waals surface area contributed by atoms with E-state index in [4.69, 9.17) is 10.8 Å². The van der Waals surface area contributed by atoms with E-state index in [1.165, 1.54) is 4.68 Å². The smallest absolute Gasteiger partial charge is 0.358 e. The van der Waals surface area contributed by atoms with Crippen LogP contribution in [0, 0.1) is 0 Å². The molecule has 0 aliphatic heterocycles. The highest BCUT2D eigenvalue weighted by Gasteiger charge is 2.18. The van der Waals surface area contributed by atoms with Crippen LogP contribution in [0.15, 0.2) is 12.3 Å². The van der Waals surface area contributed by atoms with Gasteiger partial charge in [-0.3, -0.25) is 4.68 Å². The van der Waals surface area contributed by atoms with Gasteiger partial charge in [0.25, 0.3) is 0 Å². The van der Waals surface area contributed by atoms with Crippen molar-refractivity contribution in [2.24, 2.45) is 5.73 Å². The number of hydrogen-bond acceptors (Lipinski definition) is 5. The normalized spacial score (nSPS) is 11.2. The molecule has 8 nitrogen and oxygen atoms in total. The van der Waals surface area contributed by atoms with E-state index < -0.39 is 5.97 Å². The topological polar surface area (TPSA) is 112 Å². The number of nitrogens with zero attached hydrogens (tertiary/aromatic N) is 5. The van der Waals surface area contributed by atoms with Crippen LogP contribution in [0.3, 0.4) is 0 Å². The van der Waals surface area contributed by atoms with E-state index in [0.29, 0.717) is 18.3 Å². The van der Waals surface area contributed by atoms with Gasteiger partial charge in [-0.1, -0.05) is 19.1 Å². The second-order valence-corrected chi connectivity index (χ2v) is 4.81. The number of aromatic nitrogens is 5. The molecule has 21 heavy (non-hydrogen) atoms. The molecular weight excluding hydrogens is 272 g/mol. The Morgan fingerprint density at radius 2 is 2.14 bits per heavy atom. The SMILES string of the molecule is CCC(CC)n1ccc(Cn2nnc(C(=O)O)c2CN)n1. The number of nitrogens with two attached hydrogens (primary N) is 1. The Bertz CT molecular complexity index is 614. The lowest BCUT2D eigenvalue weighted by Crippen LogP contribution is -2.14. The van der Waals surface area contributed by atoms with Gasteiger partial charge < -0.3 is 10.8 Å². The number of aromatic carboxylic acids is 1. The van der Waals surface area contributed by atoms with E-state index in [9.17, 15) is 4.79 Å². The molecule has 2 heterocycles. The Labute approximate surface area is 122 Å². The highest BCUT2D eigenvalue weighted by atomic mass is 16.4. The van der Waals surface area contributed by atoms with Crippen LogP contribution in [0.2, 0.25) is 0 Å². The summed E-state index contributed by atoms with van der Waals surface area (Å²) in [6, 6.07) is 2.28. The first-order valence-corrected chi connectivity index (χ1v) is 7.00. The molecule has 0 aliphatic rings. The zero-order valence-electron chi connectivity index (χ0n) is 12.2. The summed E-state index contributed by atoms with van der Waals surface area (Å²) >= 11 is 0. The summed E-state index contributed by atoms with van der Waals surface area (Å²) in [7, 11) is 0. The lowest BCUT2D eigenvalue weighted by atomic mass is 10.2. The molecule has 8 heteroatoms. The highest BCUT2D eigenvalue weighted by molar-refractivity contribution is 5.86. The maximum atomic E-state index is 11.0. The summed E-state index contributed by atoms with van der Waals surface area (Å²) in [4.78, 5) is 11.0. The third kappa shape index (κ3) is 3.10. The maximum absolute atomic E-state index is 11.0. The second kappa shape index (κ2) is 6.49. The monoisotopic (exact) mass is 292 g/mol. The molecule has 0 spiro atoms. The number of carbonyl (C=O) groups is 1. The Hall–Kier alpha value is -2.22. The summed E-state index contributed by atoms with van der Waals surface area (Å²) in [5, 5.41) is 21.1. The molecule has 0 fully saturated rings. The molecule has 0 saturated carbocycles. The van der Waals surface area contributed by atoms with Gasteiger partial charge >= 0.3 is 5.97 Å². The summed E-state index contributed by atoms with van der Waals surface area (Å²) in [5.41, 5.74) is 6.70. The van der Waals surface area contributed by atoms with Crippen molar-refractivity contribution in [3.05, 3.63) is 29.3 Å². The van der Waals surface area contributed by atoms with Gasteiger partial charge in [-0.25, -0.2) is 9.48 Å². The largest absolute Gasteiger partial charge is 0.476 e. The van der Waals surface area contributed by atoms with Crippen molar-refractivity contribution in [1.29, 1.82) is 0 Å². The van der Waals surface area contributed by atoms with Crippen LogP contribution in [0.4, 0.5) is 0 Å². The molecule has 0 bridgehead atoms. The summed E-state index contributed by atoms with van der Waals surface area (Å²) in [6.45, 7) is 4.68. The first-order chi connectivity index (χ1) is 10.1. The lowest BCUT2D eigenvalue weighted by Gasteiger charge is -2.12. The molecule has 0 saturated heterocycles. The van der Waals surface area contributed by atoms with Crippen LogP contribution in [-0.2, 0) is 13.1 Å². The Morgan fingerprint density at radius 3 is 2.71 bits per heavy atom. The van der Waals surface area contributed by atoms with Crippen LogP contribution in [0.1, 0.15) is 54.6 Å². The van der Waals surface area contributed by atoms with Crippen molar-refractivity contribution in [3.63, 3.8) is 0 Å². The van der Waals surface area contributed by atoms with Gasteiger partial charge in [0, 0.05) is 12.7 Å². The summed E-state index contributed by atoms with van der Waals surface area (Å²) in [6.07, 6.45) is 3.96. The van der Waals surface area contributed by atoms with E-state index in [2.05, 4.69) is 29.3 Å². The fourth-order valence-electron chi connectivity index (χ4n) is 2.31. The van der Waals surface area contributed by atoms with Crippen molar-refractivity contribution in [2.45, 2.75) is 45.8 Å². The van der Waals surface area contributed by atoms with Crippen LogP contribution < -0.4 is 5.73 Å². The Balaban J connectivity index is 2.21. The average Bonchev–Trinajstić information content (AvgIpc) is 3.08. The van der Waals surface area contributed by atoms with Gasteiger partial charge in [0.2, 0.25) is 0 Å². The first kappa shape index (κ1) is 15.2. The zero-order chi connectivity index (χ0) is 15.4. The molecule has 0 radical (unpaired) electrons. The minimum Gasteiger partial charge on any atom is -0.476 e. The predicted molar refractivity (Wildman–Crippen MR) is 75.8 cm³/mol. The Morgan fingerprint density at radius 1 is 1.43 bits per heavy atom. The van der Waals surface area contributed by atoms with E-state index in [-0.39, 0.29) is 12.2 Å². The molecule has 0 amide bonds. The average molecular weight is 292 g/mol. The molecule has 114 valence electrons. The van der Waals surface area contributed by atoms with Crippen molar-refractivity contribution < 1.29 is 9.90 Å². The fourth-order valence-corrected chi connectivity index (χ4v) is 2.31. The van der Waals surface area contributed by atoms with Crippen molar-refractivity contribution >= 4 is 5.97 Å². The molecule has 2 aromatic heterocycles. The van der Waals surface area contributed by atoms with Crippen molar-refractivity contribution in [1.82, 2.24) is 24.8 Å². The van der Waals surface area contributed by atoms with E-state index in [1.54, 1.807) is 0 Å². The Kier molecular flexibility index (Phi) is 4.69. The highest BCUT2D eigenvalue weighted by Crippen LogP contribution is 2.15. The fraction of sp³-hybridized carbons (Fsp3) is 0.538. The summed E-state index contributed by atoms with van der Waals surface area (Å²) in [5.74, 6) is -1.12. The van der Waals surface area contributed by atoms with E-state index in [1.807, 2.05) is 16.9 Å². The third-order valence-corrected chi connectivity index (χ3v) is 3.53. The molecule has 0 unspecified atom stereocenters. The molecular formula is C13H20N6O2. The quantitative estimate of drug-likeness (QED) is 0.788. The van der Waals surface area contributed by atoms with Crippen LogP contribution >= 0.6 is 0 Å². The molecule has 2 aromatic rings. The minimum absolute atomic E-state index is 0.0713. The van der Waals surface area contributed by atoms with Gasteiger partial charge in [-0.15, -0.1) is 5.10 Å². The standard InChI is InChI=1S/C13H20N6O2/c1-3-10(4-2)18-6-5-9(16-18)8-19-11(7-14)12(13(20)21)15-17-19/h5-6,10H,3-4,7-8,14H2,1-2H3,(H,20,21). The van der Waals surface area contributed by atoms with Crippen molar-refractivity contribution in [3.8, 4) is 0 Å². The number of rotatable bonds is 7. The molecule has 2 rings (SSSR count). The van der Waals surface area contributed by atoms with Crippen LogP contribution in [0.5, 0.6) is 0 Å². The van der Waals surface area contributed by atoms with E-state index >= 15 is 0 Å². The van der Waals surface area contributed by atoms with E-state index in [0.717, 1.165) is 18.5 Å². The minimum atomic E-state index is -1.12. The van der Waals surface area contributed by atoms with Gasteiger partial charge in [0.15, 0.2) is 5.69 Å². The van der Waals surface area contributed by atoms with Crippen LogP contribution in [-0.4, -0.2) is 35.9 Å². The first-order valence-electron chi connectivity index (χ1n) is 7.00. The number of hydrogen-bond donors (Lipinski definition) is 2. The number of carboxylic acids is 1. The zero-order valence-corrected chi connectivity index (χ0v) is 12.2. The summed E-state index contributed by atoms with van der Waals surface area (Å²) < 4.78 is 3.43. The van der Waals surface area contributed by atoms with Gasteiger partial charge in [-0.2, -0.15) is 5.10 Å². The lowest BCUT2D eigenvalue weighted by molar-refractivity contribution is 0.0689. The predicted octanol–water partition coefficient (Wildman–Crippen LogP) is 1.04. The number of carboxylic acid groups (broad SMARTS) is 1. The van der Waals surface area contributed by atoms with Crippen LogP contribution in [0.25, 0.3) is 0 Å². The van der Waals surface area contributed by atoms with Gasteiger partial charge in [0.1, 0.15) is 0 Å².